The van der Waals surface area contributed by atoms with Gasteiger partial charge in [-0.25, -0.2) is 0 Å². The standard InChI is InChI=1S/C23H16N4O/c1-14-22(21-11-16-4-2-3-5-20(16)28-21)23(17(12-24)13-26-14)27-18-6-7-19-15(10-18)8-9-25-19/h2-11,13,25H,1H3,(H,26,27). The van der Waals surface area contributed by atoms with E-state index in [2.05, 4.69) is 21.4 Å². The number of benzene rings is 2. The monoisotopic (exact) mass is 364 g/mol. The molecule has 28 heavy (non-hydrogen) atoms. The van der Waals surface area contributed by atoms with Crippen LogP contribution in [0.15, 0.2) is 71.4 Å². The topological polar surface area (TPSA) is 77.6 Å². The molecule has 0 amide bonds. The third-order valence-corrected chi connectivity index (χ3v) is 4.88. The highest BCUT2D eigenvalue weighted by molar-refractivity contribution is 5.91. The molecule has 2 aromatic carbocycles. The summed E-state index contributed by atoms with van der Waals surface area (Å²) in [5.74, 6) is 0.688. The van der Waals surface area contributed by atoms with Crippen molar-refractivity contribution >= 4 is 33.2 Å². The number of hydrogen-bond donors (Lipinski definition) is 2. The average Bonchev–Trinajstić information content (AvgIpc) is 3.34. The molecule has 0 spiro atoms. The number of anilines is 2. The number of aryl methyl sites for hydroxylation is 1. The van der Waals surface area contributed by atoms with Gasteiger partial charge in [0.2, 0.25) is 0 Å². The van der Waals surface area contributed by atoms with E-state index in [1.807, 2.05) is 67.7 Å². The normalized spacial score (nSPS) is 11.0. The Bertz CT molecular complexity index is 1340. The Morgan fingerprint density at radius 1 is 1.07 bits per heavy atom. The Morgan fingerprint density at radius 3 is 2.82 bits per heavy atom. The van der Waals surface area contributed by atoms with E-state index in [1.54, 1.807) is 6.20 Å². The van der Waals surface area contributed by atoms with Crippen LogP contribution in [-0.4, -0.2) is 9.97 Å². The largest absolute Gasteiger partial charge is 0.456 e. The van der Waals surface area contributed by atoms with Gasteiger partial charge in [-0.3, -0.25) is 4.98 Å². The first-order chi connectivity index (χ1) is 13.7. The molecule has 0 aliphatic rings. The van der Waals surface area contributed by atoms with Crippen molar-refractivity contribution in [2.24, 2.45) is 0 Å². The summed E-state index contributed by atoms with van der Waals surface area (Å²) in [5.41, 5.74) is 5.52. The van der Waals surface area contributed by atoms with Gasteiger partial charge in [-0.15, -0.1) is 0 Å². The van der Waals surface area contributed by atoms with Crippen LogP contribution < -0.4 is 5.32 Å². The zero-order chi connectivity index (χ0) is 19.1. The predicted octanol–water partition coefficient (Wildman–Crippen LogP) is 5.90. The second-order valence-corrected chi connectivity index (χ2v) is 6.67. The highest BCUT2D eigenvalue weighted by Gasteiger charge is 2.18. The van der Waals surface area contributed by atoms with Crippen LogP contribution in [0.25, 0.3) is 33.2 Å². The fraction of sp³-hybridized carbons (Fsp3) is 0.0435. The number of para-hydroxylation sites is 1. The molecule has 0 unspecified atom stereocenters. The summed E-state index contributed by atoms with van der Waals surface area (Å²) in [6.45, 7) is 1.92. The minimum atomic E-state index is 0.468. The van der Waals surface area contributed by atoms with Gasteiger partial charge in [-0.2, -0.15) is 5.26 Å². The quantitative estimate of drug-likeness (QED) is 0.418. The number of furan rings is 1. The Morgan fingerprint density at radius 2 is 1.96 bits per heavy atom. The van der Waals surface area contributed by atoms with Gasteiger partial charge in [-0.05, 0) is 43.3 Å². The number of nitrogens with zero attached hydrogens (tertiary/aromatic N) is 2. The molecule has 0 saturated heterocycles. The van der Waals surface area contributed by atoms with Gasteiger partial charge >= 0.3 is 0 Å². The van der Waals surface area contributed by atoms with E-state index in [4.69, 9.17) is 4.42 Å². The first-order valence-electron chi connectivity index (χ1n) is 8.96. The van der Waals surface area contributed by atoms with Crippen LogP contribution in [0.1, 0.15) is 11.3 Å². The zero-order valence-electron chi connectivity index (χ0n) is 15.2. The number of rotatable bonds is 3. The van der Waals surface area contributed by atoms with Crippen molar-refractivity contribution in [3.05, 3.63) is 78.2 Å². The molecule has 0 radical (unpaired) electrons. The summed E-state index contributed by atoms with van der Waals surface area (Å²) < 4.78 is 6.08. The molecule has 0 saturated carbocycles. The second-order valence-electron chi connectivity index (χ2n) is 6.67. The lowest BCUT2D eigenvalue weighted by Gasteiger charge is -2.14. The fourth-order valence-corrected chi connectivity index (χ4v) is 3.50. The van der Waals surface area contributed by atoms with E-state index in [0.29, 0.717) is 17.0 Å². The lowest BCUT2D eigenvalue weighted by atomic mass is 10.0. The maximum Gasteiger partial charge on any atom is 0.139 e. The molecule has 0 atom stereocenters. The molecule has 2 N–H and O–H groups in total. The Hall–Kier alpha value is -4.04. The minimum Gasteiger partial charge on any atom is -0.456 e. The number of H-pyrrole nitrogens is 1. The minimum absolute atomic E-state index is 0.468. The van der Waals surface area contributed by atoms with Crippen molar-refractivity contribution in [2.75, 3.05) is 5.32 Å². The summed E-state index contributed by atoms with van der Waals surface area (Å²) in [7, 11) is 0. The lowest BCUT2D eigenvalue weighted by Crippen LogP contribution is -2.00. The highest BCUT2D eigenvalue weighted by atomic mass is 16.3. The van der Waals surface area contributed by atoms with Crippen molar-refractivity contribution in [3.8, 4) is 17.4 Å². The van der Waals surface area contributed by atoms with E-state index in [1.165, 1.54) is 0 Å². The van der Waals surface area contributed by atoms with Crippen LogP contribution in [0.5, 0.6) is 0 Å². The predicted molar refractivity (Wildman–Crippen MR) is 110 cm³/mol. The molecule has 5 nitrogen and oxygen atoms in total. The van der Waals surface area contributed by atoms with Gasteiger partial charge in [0, 0.05) is 34.4 Å². The number of nitrogens with one attached hydrogen (secondary N) is 2. The second kappa shape index (κ2) is 6.29. The summed E-state index contributed by atoms with van der Waals surface area (Å²) in [4.78, 5) is 7.60. The van der Waals surface area contributed by atoms with E-state index in [9.17, 15) is 5.26 Å². The van der Waals surface area contributed by atoms with Gasteiger partial charge in [0.15, 0.2) is 0 Å². The SMILES string of the molecule is Cc1ncc(C#N)c(Nc2ccc3[nH]ccc3c2)c1-c1cc2ccccc2o1. The molecule has 0 aliphatic carbocycles. The third-order valence-electron chi connectivity index (χ3n) is 4.88. The summed E-state index contributed by atoms with van der Waals surface area (Å²) in [6.07, 6.45) is 3.50. The van der Waals surface area contributed by atoms with Gasteiger partial charge in [0.1, 0.15) is 17.4 Å². The van der Waals surface area contributed by atoms with Crippen molar-refractivity contribution in [1.29, 1.82) is 5.26 Å². The molecule has 3 heterocycles. The molecule has 0 fully saturated rings. The molecule has 0 aliphatic heterocycles. The molecule has 134 valence electrons. The maximum atomic E-state index is 9.67. The molecule has 3 aromatic heterocycles. The van der Waals surface area contributed by atoms with Crippen LogP contribution in [0, 0.1) is 18.3 Å². The van der Waals surface area contributed by atoms with Crippen LogP contribution in [0.4, 0.5) is 11.4 Å². The number of aromatic nitrogens is 2. The third kappa shape index (κ3) is 2.60. The van der Waals surface area contributed by atoms with Gasteiger partial charge in [-0.1, -0.05) is 18.2 Å². The number of aromatic amines is 1. The van der Waals surface area contributed by atoms with Crippen molar-refractivity contribution in [1.82, 2.24) is 9.97 Å². The van der Waals surface area contributed by atoms with Gasteiger partial charge < -0.3 is 14.7 Å². The Kier molecular flexibility index (Phi) is 3.63. The smallest absolute Gasteiger partial charge is 0.139 e. The van der Waals surface area contributed by atoms with Crippen LogP contribution >= 0.6 is 0 Å². The lowest BCUT2D eigenvalue weighted by molar-refractivity contribution is 0.631. The average molecular weight is 364 g/mol. The molecule has 5 heteroatoms. The molecular formula is C23H16N4O. The van der Waals surface area contributed by atoms with E-state index in [-0.39, 0.29) is 0 Å². The summed E-state index contributed by atoms with van der Waals surface area (Å²) in [6, 6.07) is 20.2. The Balaban J connectivity index is 1.69. The summed E-state index contributed by atoms with van der Waals surface area (Å²) >= 11 is 0. The number of pyridine rings is 1. The van der Waals surface area contributed by atoms with E-state index < -0.39 is 0 Å². The molecule has 5 rings (SSSR count). The molecule has 0 bridgehead atoms. The fourth-order valence-electron chi connectivity index (χ4n) is 3.50. The van der Waals surface area contributed by atoms with E-state index >= 15 is 0 Å². The van der Waals surface area contributed by atoms with Gasteiger partial charge in [0.05, 0.1) is 22.5 Å². The number of fused-ring (bicyclic) bond motifs is 2. The van der Waals surface area contributed by atoms with Crippen LogP contribution in [-0.2, 0) is 0 Å². The van der Waals surface area contributed by atoms with Crippen LogP contribution in [0.3, 0.4) is 0 Å². The van der Waals surface area contributed by atoms with Gasteiger partial charge in [0.25, 0.3) is 0 Å². The first kappa shape index (κ1) is 16.2. The maximum absolute atomic E-state index is 9.67. The zero-order valence-corrected chi connectivity index (χ0v) is 15.2. The molecular weight excluding hydrogens is 348 g/mol. The van der Waals surface area contributed by atoms with Crippen molar-refractivity contribution in [3.63, 3.8) is 0 Å². The molecule has 5 aromatic rings. The Labute approximate surface area is 161 Å². The first-order valence-corrected chi connectivity index (χ1v) is 8.96. The summed E-state index contributed by atoms with van der Waals surface area (Å²) in [5, 5.41) is 15.2. The van der Waals surface area contributed by atoms with Crippen molar-refractivity contribution in [2.45, 2.75) is 6.92 Å². The highest BCUT2D eigenvalue weighted by Crippen LogP contribution is 2.38. The van der Waals surface area contributed by atoms with Crippen LogP contribution in [0.2, 0.25) is 0 Å². The number of hydrogen-bond acceptors (Lipinski definition) is 4. The van der Waals surface area contributed by atoms with E-state index in [0.717, 1.165) is 38.8 Å². The van der Waals surface area contributed by atoms with Crippen molar-refractivity contribution < 1.29 is 4.42 Å². The number of nitriles is 1.